The van der Waals surface area contributed by atoms with E-state index in [2.05, 4.69) is 70.8 Å². The molecule has 0 aliphatic rings. The first-order chi connectivity index (χ1) is 23.9. The van der Waals surface area contributed by atoms with Crippen molar-refractivity contribution in [2.24, 2.45) is 0 Å². The molecule has 0 unspecified atom stereocenters. The number of fused-ring (bicyclic) bond motifs is 10. The van der Waals surface area contributed by atoms with Crippen LogP contribution in [0.3, 0.4) is 0 Å². The minimum Gasteiger partial charge on any atom is -0.305 e. The van der Waals surface area contributed by atoms with E-state index >= 15 is 0 Å². The molecule has 0 atom stereocenters. The van der Waals surface area contributed by atoms with Crippen LogP contribution in [0.5, 0.6) is 0 Å². The fraction of sp³-hybridized carbons (Fsp3) is 0.0698. The summed E-state index contributed by atoms with van der Waals surface area (Å²) in [5, 5.41) is 6.30. The summed E-state index contributed by atoms with van der Waals surface area (Å²) in [4.78, 5) is 9.08. The summed E-state index contributed by atoms with van der Waals surface area (Å²) >= 11 is -2.11. The molecular formula is C43H30GeIrN2O3-2. The molecule has 5 heterocycles. The van der Waals surface area contributed by atoms with Crippen molar-refractivity contribution < 1.29 is 33.4 Å². The summed E-state index contributed by atoms with van der Waals surface area (Å²) in [5.74, 6) is 7.18. The first-order valence-corrected chi connectivity index (χ1v) is 23.7. The maximum Gasteiger partial charge on any atom is 0.0160 e. The first kappa shape index (κ1) is 32.2. The number of rotatable bonds is 3. The second-order valence-electron chi connectivity index (χ2n) is 13.2. The van der Waals surface area contributed by atoms with E-state index in [0.29, 0.717) is 0 Å². The van der Waals surface area contributed by atoms with Gasteiger partial charge in [-0.05, 0) is 17.8 Å². The Morgan fingerprint density at radius 1 is 0.540 bits per heavy atom. The number of hydrogen-bond acceptors (Lipinski definition) is 5. The van der Waals surface area contributed by atoms with Gasteiger partial charge in [-0.25, -0.2) is 0 Å². The molecule has 5 nitrogen and oxygen atoms in total. The van der Waals surface area contributed by atoms with Crippen molar-refractivity contribution in [1.29, 1.82) is 0 Å². The van der Waals surface area contributed by atoms with Gasteiger partial charge in [0.25, 0.3) is 0 Å². The van der Waals surface area contributed by atoms with Gasteiger partial charge in [-0.3, -0.25) is 0 Å². The van der Waals surface area contributed by atoms with E-state index in [1.807, 2.05) is 85.1 Å². The van der Waals surface area contributed by atoms with Crippen LogP contribution in [-0.4, -0.2) is 23.2 Å². The standard InChI is InChI=1S/C32H22GeNO3.C11H8N.Ir/c1-33(2,3)24-12-7-10-19-23-17-34-25(16-28(23)36-31(19)24)21-11-6-9-18-20-14-15-27-29(32(20)37-30(18)21)22-8-4-5-13-26(22)35-27;1-2-6-10(7-3-1)11-8-4-5-9-12-11;/h4-10,12-17H,1-3H3;1-6,8-9H;/q2*-1;. The van der Waals surface area contributed by atoms with Crippen LogP contribution in [0, 0.1) is 12.1 Å². The molecule has 1 radical (unpaired) electrons. The topological polar surface area (TPSA) is 65.2 Å². The van der Waals surface area contributed by atoms with Crippen LogP contribution in [0.15, 0.2) is 141 Å². The van der Waals surface area contributed by atoms with Crippen molar-refractivity contribution in [1.82, 2.24) is 9.97 Å². The van der Waals surface area contributed by atoms with E-state index in [1.165, 1.54) is 4.40 Å². The van der Waals surface area contributed by atoms with Crippen LogP contribution < -0.4 is 4.40 Å². The number of para-hydroxylation sites is 2. The van der Waals surface area contributed by atoms with Gasteiger partial charge in [0.1, 0.15) is 5.58 Å². The molecule has 5 aromatic carbocycles. The molecule has 0 aliphatic heterocycles. The quantitative estimate of drug-likeness (QED) is 0.131. The number of furan rings is 3. The average Bonchev–Trinajstić information content (AvgIpc) is 3.83. The van der Waals surface area contributed by atoms with Crippen molar-refractivity contribution in [3.63, 3.8) is 0 Å². The fourth-order valence-corrected chi connectivity index (χ4v) is 9.76. The number of aromatic nitrogens is 2. The van der Waals surface area contributed by atoms with Crippen LogP contribution in [0.25, 0.3) is 88.3 Å². The van der Waals surface area contributed by atoms with E-state index in [0.717, 1.165) is 88.3 Å². The zero-order chi connectivity index (χ0) is 33.1. The second kappa shape index (κ2) is 12.7. The van der Waals surface area contributed by atoms with Gasteiger partial charge in [0.15, 0.2) is 0 Å². The Morgan fingerprint density at radius 2 is 1.34 bits per heavy atom. The number of pyridine rings is 2. The molecule has 7 heteroatoms. The number of hydrogen-bond donors (Lipinski definition) is 0. The van der Waals surface area contributed by atoms with Crippen molar-refractivity contribution in [3.8, 4) is 22.5 Å². The maximum atomic E-state index is 6.60. The molecule has 0 N–H and O–H groups in total. The van der Waals surface area contributed by atoms with Crippen LogP contribution in [-0.2, 0) is 20.1 Å². The van der Waals surface area contributed by atoms with Gasteiger partial charge in [0.2, 0.25) is 0 Å². The Kier molecular flexibility index (Phi) is 8.19. The Bertz CT molecular complexity index is 2780. The van der Waals surface area contributed by atoms with E-state index in [4.69, 9.17) is 18.2 Å². The maximum absolute atomic E-state index is 6.60. The molecule has 245 valence electrons. The van der Waals surface area contributed by atoms with E-state index in [-0.39, 0.29) is 20.1 Å². The molecule has 0 fully saturated rings. The molecule has 0 saturated heterocycles. The summed E-state index contributed by atoms with van der Waals surface area (Å²) < 4.78 is 20.6. The van der Waals surface area contributed by atoms with Crippen LogP contribution in [0.4, 0.5) is 0 Å². The summed E-state index contributed by atoms with van der Waals surface area (Å²) in [5.41, 5.74) is 8.72. The van der Waals surface area contributed by atoms with E-state index in [9.17, 15) is 0 Å². The third-order valence-electron chi connectivity index (χ3n) is 9.04. The zero-order valence-electron chi connectivity index (χ0n) is 27.6. The van der Waals surface area contributed by atoms with Crippen LogP contribution >= 0.6 is 0 Å². The Labute approximate surface area is 304 Å². The largest absolute Gasteiger partial charge is 0.305 e. The predicted octanol–water partition coefficient (Wildman–Crippen LogP) is 11.3. The molecule has 0 amide bonds. The summed E-state index contributed by atoms with van der Waals surface area (Å²) in [6.45, 7) is 0. The number of benzene rings is 5. The first-order valence-electron chi connectivity index (χ1n) is 16.3. The average molecular weight is 888 g/mol. The van der Waals surface area contributed by atoms with Crippen molar-refractivity contribution >= 4 is 83.5 Å². The van der Waals surface area contributed by atoms with Gasteiger partial charge in [0.05, 0.1) is 0 Å². The van der Waals surface area contributed by atoms with Gasteiger partial charge < -0.3 is 9.40 Å². The zero-order valence-corrected chi connectivity index (χ0v) is 32.1. The smallest absolute Gasteiger partial charge is 0.0160 e. The molecule has 10 aromatic rings. The number of nitrogens with zero attached hydrogens (tertiary/aromatic N) is 2. The minimum absolute atomic E-state index is 0. The minimum atomic E-state index is -2.11. The van der Waals surface area contributed by atoms with Gasteiger partial charge in [-0.15, -0.1) is 35.9 Å². The third kappa shape index (κ3) is 5.45. The molecule has 0 bridgehead atoms. The molecule has 50 heavy (non-hydrogen) atoms. The van der Waals surface area contributed by atoms with E-state index in [1.54, 1.807) is 6.20 Å². The van der Waals surface area contributed by atoms with Crippen LogP contribution in [0.2, 0.25) is 17.3 Å². The van der Waals surface area contributed by atoms with E-state index < -0.39 is 13.3 Å². The summed E-state index contributed by atoms with van der Waals surface area (Å²) in [7, 11) is 0. The van der Waals surface area contributed by atoms with Crippen molar-refractivity contribution in [3.05, 3.63) is 140 Å². The monoisotopic (exact) mass is 889 g/mol. The van der Waals surface area contributed by atoms with Crippen molar-refractivity contribution in [2.45, 2.75) is 17.3 Å². The molecular weight excluding hydrogens is 857 g/mol. The predicted molar refractivity (Wildman–Crippen MR) is 202 cm³/mol. The Balaban J connectivity index is 0.000000236. The van der Waals surface area contributed by atoms with Crippen LogP contribution in [0.1, 0.15) is 0 Å². The Morgan fingerprint density at radius 3 is 2.16 bits per heavy atom. The van der Waals surface area contributed by atoms with Crippen molar-refractivity contribution in [2.75, 3.05) is 0 Å². The SMILES string of the molecule is [CH3][Ge]([CH3])([CH3])[c]1cccc2c1oc1cc(-c3[c-]ccc4c3oc3c4ccc4oc5ccccc5c43)ncc12.[Ir].[c-]1ccccc1-c1ccccn1. The molecule has 0 spiro atoms. The summed E-state index contributed by atoms with van der Waals surface area (Å²) in [6.07, 6.45) is 3.71. The fourth-order valence-electron chi connectivity index (χ4n) is 6.69. The van der Waals surface area contributed by atoms with Gasteiger partial charge in [0, 0.05) is 26.3 Å². The van der Waals surface area contributed by atoms with Gasteiger partial charge in [-0.1, -0.05) is 30.3 Å². The molecule has 0 aliphatic carbocycles. The van der Waals surface area contributed by atoms with Gasteiger partial charge >= 0.3 is 181 Å². The Hall–Kier alpha value is -5.01. The normalized spacial score (nSPS) is 11.7. The summed E-state index contributed by atoms with van der Waals surface area (Å²) in [6, 6.07) is 44.9. The third-order valence-corrected chi connectivity index (χ3v) is 13.3. The molecule has 5 aromatic heterocycles. The van der Waals surface area contributed by atoms with Gasteiger partial charge in [-0.2, -0.15) is 0 Å². The molecule has 0 saturated carbocycles. The molecule has 10 rings (SSSR count). The second-order valence-corrected chi connectivity index (χ2v) is 23.8.